The lowest BCUT2D eigenvalue weighted by Gasteiger charge is -2.30. The van der Waals surface area contributed by atoms with Crippen molar-refractivity contribution in [2.45, 2.75) is 52.1 Å². The molecule has 0 aromatic carbocycles. The number of rotatable bonds is 8. The second-order valence-corrected chi connectivity index (χ2v) is 5.60. The van der Waals surface area contributed by atoms with Crippen LogP contribution in [0.5, 0.6) is 0 Å². The molecule has 0 spiro atoms. The average Bonchev–Trinajstić information content (AvgIpc) is 2.23. The van der Waals surface area contributed by atoms with Crippen molar-refractivity contribution in [1.29, 1.82) is 0 Å². The Morgan fingerprint density at radius 3 is 2.29 bits per heavy atom. The lowest BCUT2D eigenvalue weighted by atomic mass is 9.97. The number of likely N-dealkylation sites (N-methyl/N-ethyl adjacent to an activating group) is 1. The molecule has 102 valence electrons. The monoisotopic (exact) mass is 244 g/mol. The van der Waals surface area contributed by atoms with Crippen molar-refractivity contribution in [3.8, 4) is 0 Å². The maximum absolute atomic E-state index is 11.1. The fourth-order valence-corrected chi connectivity index (χ4v) is 1.82. The Kier molecular flexibility index (Phi) is 6.72. The third-order valence-corrected chi connectivity index (χ3v) is 3.55. The van der Waals surface area contributed by atoms with Crippen LogP contribution in [-0.4, -0.2) is 48.2 Å². The smallest absolute Gasteiger partial charge is 0.323 e. The number of carbonyl (C=O) groups is 1. The van der Waals surface area contributed by atoms with Gasteiger partial charge in [-0.05, 0) is 46.7 Å². The molecule has 0 saturated carbocycles. The van der Waals surface area contributed by atoms with Crippen molar-refractivity contribution in [3.63, 3.8) is 0 Å². The van der Waals surface area contributed by atoms with Crippen LogP contribution in [-0.2, 0) is 4.79 Å². The number of hydrogen-bond donors (Lipinski definition) is 2. The fourth-order valence-electron chi connectivity index (χ4n) is 1.82. The van der Waals surface area contributed by atoms with Gasteiger partial charge in [-0.2, -0.15) is 0 Å². The second kappa shape index (κ2) is 6.97. The van der Waals surface area contributed by atoms with E-state index in [-0.39, 0.29) is 0 Å². The van der Waals surface area contributed by atoms with E-state index in [4.69, 9.17) is 5.11 Å². The summed E-state index contributed by atoms with van der Waals surface area (Å²) < 4.78 is 0. The van der Waals surface area contributed by atoms with Gasteiger partial charge in [0.1, 0.15) is 5.54 Å². The van der Waals surface area contributed by atoms with Gasteiger partial charge >= 0.3 is 5.97 Å². The molecule has 0 amide bonds. The topological polar surface area (TPSA) is 52.6 Å². The van der Waals surface area contributed by atoms with Crippen molar-refractivity contribution >= 4 is 5.97 Å². The molecule has 0 fully saturated rings. The molecule has 0 aliphatic heterocycles. The van der Waals surface area contributed by atoms with E-state index in [0.717, 1.165) is 13.0 Å². The minimum Gasteiger partial charge on any atom is -0.480 e. The number of nitrogens with zero attached hydrogens (tertiary/aromatic N) is 1. The highest BCUT2D eigenvalue weighted by Crippen LogP contribution is 2.14. The molecular formula is C13H28N2O2. The van der Waals surface area contributed by atoms with E-state index in [2.05, 4.69) is 38.0 Å². The molecule has 0 aliphatic carbocycles. The van der Waals surface area contributed by atoms with Crippen LogP contribution in [0.25, 0.3) is 0 Å². The summed E-state index contributed by atoms with van der Waals surface area (Å²) in [5, 5.41) is 12.0. The van der Waals surface area contributed by atoms with Gasteiger partial charge in [0.15, 0.2) is 0 Å². The molecule has 0 aromatic rings. The van der Waals surface area contributed by atoms with Gasteiger partial charge in [0.05, 0.1) is 0 Å². The highest BCUT2D eigenvalue weighted by atomic mass is 16.4. The molecule has 17 heavy (non-hydrogen) atoms. The molecule has 0 bridgehead atoms. The summed E-state index contributed by atoms with van der Waals surface area (Å²) in [6.07, 6.45) is 1.75. The van der Waals surface area contributed by atoms with Crippen LogP contribution in [0.2, 0.25) is 0 Å². The lowest BCUT2D eigenvalue weighted by Crippen LogP contribution is -2.50. The Morgan fingerprint density at radius 2 is 1.94 bits per heavy atom. The standard InChI is InChI=1S/C13H28N2O2/c1-10(2)9-11(3)15(6)8-7-13(4,14-5)12(16)17/h10-11,14H,7-9H2,1-6H3,(H,16,17). The minimum atomic E-state index is -0.828. The van der Waals surface area contributed by atoms with Crippen LogP contribution >= 0.6 is 0 Å². The first kappa shape index (κ1) is 16.4. The summed E-state index contributed by atoms with van der Waals surface area (Å²) in [6.45, 7) is 9.13. The summed E-state index contributed by atoms with van der Waals surface area (Å²) in [5.41, 5.74) is -0.828. The Hall–Kier alpha value is -0.610. The number of aliphatic carboxylic acids is 1. The van der Waals surface area contributed by atoms with Crippen LogP contribution in [0.15, 0.2) is 0 Å². The molecule has 2 unspecified atom stereocenters. The highest BCUT2D eigenvalue weighted by molar-refractivity contribution is 5.78. The Bertz CT molecular complexity index is 244. The predicted molar refractivity (Wildman–Crippen MR) is 71.3 cm³/mol. The Morgan fingerprint density at radius 1 is 1.41 bits per heavy atom. The van der Waals surface area contributed by atoms with Crippen LogP contribution in [0.1, 0.15) is 40.5 Å². The van der Waals surface area contributed by atoms with Gasteiger partial charge in [-0.25, -0.2) is 0 Å². The summed E-state index contributed by atoms with van der Waals surface area (Å²) in [7, 11) is 3.76. The molecule has 4 nitrogen and oxygen atoms in total. The van der Waals surface area contributed by atoms with Crippen molar-refractivity contribution in [1.82, 2.24) is 10.2 Å². The van der Waals surface area contributed by atoms with E-state index < -0.39 is 11.5 Å². The molecule has 2 atom stereocenters. The first-order chi connectivity index (χ1) is 7.73. The Labute approximate surface area is 105 Å². The number of hydrogen-bond acceptors (Lipinski definition) is 3. The third-order valence-electron chi connectivity index (χ3n) is 3.55. The summed E-state index contributed by atoms with van der Waals surface area (Å²) >= 11 is 0. The summed E-state index contributed by atoms with van der Waals surface area (Å²) in [4.78, 5) is 13.4. The van der Waals surface area contributed by atoms with Crippen molar-refractivity contribution in [2.24, 2.45) is 5.92 Å². The van der Waals surface area contributed by atoms with Crippen LogP contribution in [0.3, 0.4) is 0 Å². The molecule has 0 heterocycles. The second-order valence-electron chi connectivity index (χ2n) is 5.60. The first-order valence-corrected chi connectivity index (χ1v) is 6.35. The summed E-state index contributed by atoms with van der Waals surface area (Å²) in [5.74, 6) is -0.118. The molecule has 0 aliphatic rings. The molecular weight excluding hydrogens is 216 g/mol. The van der Waals surface area contributed by atoms with Crippen molar-refractivity contribution in [3.05, 3.63) is 0 Å². The third kappa shape index (κ3) is 5.50. The van der Waals surface area contributed by atoms with E-state index in [1.807, 2.05) is 0 Å². The van der Waals surface area contributed by atoms with Gasteiger partial charge in [0.25, 0.3) is 0 Å². The zero-order valence-electron chi connectivity index (χ0n) is 12.1. The van der Waals surface area contributed by atoms with Gasteiger partial charge in [0.2, 0.25) is 0 Å². The van der Waals surface area contributed by atoms with Gasteiger partial charge in [0, 0.05) is 12.6 Å². The number of carboxylic acid groups (broad SMARTS) is 1. The Balaban J connectivity index is 4.22. The van der Waals surface area contributed by atoms with Gasteiger partial charge in [-0.3, -0.25) is 4.79 Å². The molecule has 0 aromatic heterocycles. The molecule has 2 N–H and O–H groups in total. The largest absolute Gasteiger partial charge is 0.480 e. The molecule has 0 saturated heterocycles. The maximum atomic E-state index is 11.1. The van der Waals surface area contributed by atoms with E-state index in [1.165, 1.54) is 0 Å². The normalized spacial score (nSPS) is 17.2. The van der Waals surface area contributed by atoms with E-state index in [9.17, 15) is 4.79 Å². The first-order valence-electron chi connectivity index (χ1n) is 6.35. The van der Waals surface area contributed by atoms with Crippen LogP contribution in [0.4, 0.5) is 0 Å². The molecule has 0 rings (SSSR count). The van der Waals surface area contributed by atoms with Gasteiger partial charge in [-0.1, -0.05) is 13.8 Å². The molecule has 0 radical (unpaired) electrons. The SMILES string of the molecule is CNC(C)(CCN(C)C(C)CC(C)C)C(=O)O. The van der Waals surface area contributed by atoms with E-state index in [0.29, 0.717) is 18.4 Å². The minimum absolute atomic E-state index is 0.491. The van der Waals surface area contributed by atoms with Crippen LogP contribution in [0, 0.1) is 5.92 Å². The van der Waals surface area contributed by atoms with Gasteiger partial charge < -0.3 is 15.3 Å². The van der Waals surface area contributed by atoms with Crippen molar-refractivity contribution in [2.75, 3.05) is 20.6 Å². The van der Waals surface area contributed by atoms with E-state index >= 15 is 0 Å². The van der Waals surface area contributed by atoms with Gasteiger partial charge in [-0.15, -0.1) is 0 Å². The maximum Gasteiger partial charge on any atom is 0.323 e. The fraction of sp³-hybridized carbons (Fsp3) is 0.923. The average molecular weight is 244 g/mol. The lowest BCUT2D eigenvalue weighted by molar-refractivity contribution is -0.144. The van der Waals surface area contributed by atoms with E-state index in [1.54, 1.807) is 14.0 Å². The number of nitrogens with one attached hydrogen (secondary N) is 1. The molecule has 4 heteroatoms. The van der Waals surface area contributed by atoms with Crippen LogP contribution < -0.4 is 5.32 Å². The quantitative estimate of drug-likeness (QED) is 0.683. The zero-order chi connectivity index (χ0) is 13.6. The van der Waals surface area contributed by atoms with Crippen molar-refractivity contribution < 1.29 is 9.90 Å². The zero-order valence-corrected chi connectivity index (χ0v) is 12.1. The highest BCUT2D eigenvalue weighted by Gasteiger charge is 2.31. The predicted octanol–water partition coefficient (Wildman–Crippen LogP) is 1.81. The number of carboxylic acids is 1. The summed E-state index contributed by atoms with van der Waals surface area (Å²) in [6, 6.07) is 0.491.